The van der Waals surface area contributed by atoms with Crippen molar-refractivity contribution < 1.29 is 9.59 Å². The Bertz CT molecular complexity index is 1180. The second kappa shape index (κ2) is 6.77. The summed E-state index contributed by atoms with van der Waals surface area (Å²) < 4.78 is 0. The Balaban J connectivity index is 1.55. The zero-order valence-corrected chi connectivity index (χ0v) is 16.5. The van der Waals surface area contributed by atoms with Crippen molar-refractivity contribution in [2.75, 3.05) is 14.1 Å². The first-order chi connectivity index (χ1) is 14.5. The third kappa shape index (κ3) is 2.73. The van der Waals surface area contributed by atoms with Crippen LogP contribution in [-0.2, 0) is 0 Å². The first-order valence-corrected chi connectivity index (χ1v) is 9.57. The lowest BCUT2D eigenvalue weighted by Crippen LogP contribution is -2.25. The Labute approximate surface area is 173 Å². The molecule has 2 aliphatic rings. The molecule has 0 aromatic heterocycles. The fraction of sp³-hybridized carbons (Fsp3) is 0.0833. The highest BCUT2D eigenvalue weighted by Gasteiger charge is 2.31. The highest BCUT2D eigenvalue weighted by Crippen LogP contribution is 2.29. The van der Waals surface area contributed by atoms with E-state index in [2.05, 4.69) is 0 Å². The van der Waals surface area contributed by atoms with Crippen LogP contribution >= 0.6 is 0 Å². The quantitative estimate of drug-likeness (QED) is 0.659. The molecule has 0 atom stereocenters. The molecule has 0 spiro atoms. The molecule has 2 aliphatic heterocycles. The largest absolute Gasteiger partial charge is 0.295 e. The third-order valence-electron chi connectivity index (χ3n) is 5.34. The van der Waals surface area contributed by atoms with E-state index in [0.29, 0.717) is 34.2 Å². The second-order valence-corrected chi connectivity index (χ2v) is 7.21. The molecule has 0 saturated heterocycles. The number of aliphatic imine (C=N–C) groups is 2. The third-order valence-corrected chi connectivity index (χ3v) is 5.34. The number of carbonyl (C=O) groups excluding carboxylic acids is 2. The Hall–Kier alpha value is -4.06. The average Bonchev–Trinajstić information content (AvgIpc) is 3.15. The molecular weight excluding hydrogens is 376 g/mol. The number of hydrogen-bond donors (Lipinski definition) is 0. The number of nitrogens with zero attached hydrogens (tertiary/aromatic N) is 4. The van der Waals surface area contributed by atoms with Gasteiger partial charge in [-0.15, -0.1) is 0 Å². The van der Waals surface area contributed by atoms with E-state index in [1.807, 2.05) is 72.8 Å². The number of amidine groups is 2. The van der Waals surface area contributed by atoms with Gasteiger partial charge in [-0.05, 0) is 30.3 Å². The summed E-state index contributed by atoms with van der Waals surface area (Å²) in [6.07, 6.45) is 0. The summed E-state index contributed by atoms with van der Waals surface area (Å²) in [6, 6.07) is 22.4. The van der Waals surface area contributed by atoms with Crippen LogP contribution < -0.4 is 0 Å². The molecule has 0 N–H and O–H groups in total. The zero-order valence-electron chi connectivity index (χ0n) is 16.5. The molecule has 3 aromatic carbocycles. The summed E-state index contributed by atoms with van der Waals surface area (Å²) in [4.78, 5) is 37.5. The minimum atomic E-state index is -0.0663. The summed E-state index contributed by atoms with van der Waals surface area (Å²) in [5, 5.41) is 0. The van der Waals surface area contributed by atoms with Gasteiger partial charge in [-0.2, -0.15) is 0 Å². The molecule has 3 aromatic rings. The number of hydrogen-bond acceptors (Lipinski definition) is 4. The molecule has 0 aliphatic carbocycles. The van der Waals surface area contributed by atoms with Gasteiger partial charge in [0.25, 0.3) is 11.8 Å². The summed E-state index contributed by atoms with van der Waals surface area (Å²) >= 11 is 0. The molecule has 0 bridgehead atoms. The topological polar surface area (TPSA) is 65.3 Å². The van der Waals surface area contributed by atoms with E-state index in [0.717, 1.165) is 11.1 Å². The SMILES string of the molecule is CN1C(=O)c2ccccc2C1=Nc1cccc(N=C2c3ccccc3C(=O)N2C)c1. The summed E-state index contributed by atoms with van der Waals surface area (Å²) in [5.41, 5.74) is 4.30. The minimum absolute atomic E-state index is 0.0663. The van der Waals surface area contributed by atoms with E-state index < -0.39 is 0 Å². The van der Waals surface area contributed by atoms with Crippen LogP contribution in [0.15, 0.2) is 82.8 Å². The molecule has 5 rings (SSSR count). The Morgan fingerprint density at radius 2 is 0.967 bits per heavy atom. The van der Waals surface area contributed by atoms with Crippen LogP contribution in [0.25, 0.3) is 0 Å². The Kier molecular flexibility index (Phi) is 4.06. The van der Waals surface area contributed by atoms with Gasteiger partial charge >= 0.3 is 0 Å². The van der Waals surface area contributed by atoms with Crippen molar-refractivity contribution in [1.82, 2.24) is 9.80 Å². The summed E-state index contributed by atoms with van der Waals surface area (Å²) in [7, 11) is 3.45. The molecule has 2 amide bonds. The van der Waals surface area contributed by atoms with E-state index in [-0.39, 0.29) is 11.8 Å². The predicted molar refractivity (Wildman–Crippen MR) is 116 cm³/mol. The fourth-order valence-corrected chi connectivity index (χ4v) is 3.79. The van der Waals surface area contributed by atoms with Gasteiger partial charge in [0.1, 0.15) is 11.7 Å². The molecule has 0 unspecified atom stereocenters. The van der Waals surface area contributed by atoms with Gasteiger partial charge in [-0.25, -0.2) is 9.98 Å². The van der Waals surface area contributed by atoms with Crippen molar-refractivity contribution in [3.8, 4) is 0 Å². The summed E-state index contributed by atoms with van der Waals surface area (Å²) in [6.45, 7) is 0. The molecule has 30 heavy (non-hydrogen) atoms. The zero-order chi connectivity index (χ0) is 20.8. The van der Waals surface area contributed by atoms with Crippen LogP contribution in [-0.4, -0.2) is 47.4 Å². The lowest BCUT2D eigenvalue weighted by Gasteiger charge is -2.11. The maximum atomic E-state index is 12.5. The van der Waals surface area contributed by atoms with Crippen LogP contribution in [0.5, 0.6) is 0 Å². The molecule has 146 valence electrons. The van der Waals surface area contributed by atoms with Gasteiger partial charge in [0, 0.05) is 25.2 Å². The number of rotatable bonds is 2. The number of amides is 2. The first-order valence-electron chi connectivity index (χ1n) is 9.57. The Morgan fingerprint density at radius 1 is 0.567 bits per heavy atom. The normalized spacial score (nSPS) is 17.8. The fourth-order valence-electron chi connectivity index (χ4n) is 3.79. The van der Waals surface area contributed by atoms with Crippen LogP contribution in [0.4, 0.5) is 11.4 Å². The van der Waals surface area contributed by atoms with Crippen LogP contribution in [0.3, 0.4) is 0 Å². The Morgan fingerprint density at radius 3 is 1.40 bits per heavy atom. The van der Waals surface area contributed by atoms with Crippen LogP contribution in [0, 0.1) is 0 Å². The lowest BCUT2D eigenvalue weighted by atomic mass is 10.1. The van der Waals surface area contributed by atoms with E-state index >= 15 is 0 Å². The van der Waals surface area contributed by atoms with E-state index in [1.54, 1.807) is 23.9 Å². The second-order valence-electron chi connectivity index (χ2n) is 7.21. The first kappa shape index (κ1) is 18.0. The smallest absolute Gasteiger partial charge is 0.259 e. The molecule has 2 heterocycles. The predicted octanol–water partition coefficient (Wildman–Crippen LogP) is 4.01. The highest BCUT2D eigenvalue weighted by molar-refractivity contribution is 6.24. The van der Waals surface area contributed by atoms with Gasteiger partial charge in [0.15, 0.2) is 0 Å². The maximum Gasteiger partial charge on any atom is 0.259 e. The molecule has 6 heteroatoms. The van der Waals surface area contributed by atoms with Gasteiger partial charge in [0.2, 0.25) is 0 Å². The standard InChI is InChI=1S/C24H18N4O2/c1-27-21(17-10-3-5-12-19(17)23(27)29)25-15-8-7-9-16(14-15)26-22-18-11-4-6-13-20(18)24(30)28(22)2/h3-14H,1-2H3. The number of benzene rings is 3. The van der Waals surface area contributed by atoms with Crippen molar-refractivity contribution in [3.05, 3.63) is 95.1 Å². The van der Waals surface area contributed by atoms with Gasteiger partial charge in [0.05, 0.1) is 22.5 Å². The monoisotopic (exact) mass is 394 g/mol. The minimum Gasteiger partial charge on any atom is -0.295 e. The van der Waals surface area contributed by atoms with Gasteiger partial charge in [-0.1, -0.05) is 42.5 Å². The molecule has 0 radical (unpaired) electrons. The van der Waals surface area contributed by atoms with E-state index in [4.69, 9.17) is 9.98 Å². The molecule has 6 nitrogen and oxygen atoms in total. The number of fused-ring (bicyclic) bond motifs is 2. The van der Waals surface area contributed by atoms with E-state index in [1.165, 1.54) is 0 Å². The van der Waals surface area contributed by atoms with Crippen molar-refractivity contribution in [1.29, 1.82) is 0 Å². The highest BCUT2D eigenvalue weighted by atomic mass is 16.2. The molecule has 0 fully saturated rings. The van der Waals surface area contributed by atoms with Crippen molar-refractivity contribution in [2.45, 2.75) is 0 Å². The molecular formula is C24H18N4O2. The lowest BCUT2D eigenvalue weighted by molar-refractivity contribution is 0.0874. The van der Waals surface area contributed by atoms with Crippen LogP contribution in [0.1, 0.15) is 31.8 Å². The molecule has 0 saturated carbocycles. The van der Waals surface area contributed by atoms with Gasteiger partial charge < -0.3 is 0 Å². The maximum absolute atomic E-state index is 12.5. The van der Waals surface area contributed by atoms with Crippen molar-refractivity contribution in [3.63, 3.8) is 0 Å². The van der Waals surface area contributed by atoms with Crippen LogP contribution in [0.2, 0.25) is 0 Å². The van der Waals surface area contributed by atoms with Gasteiger partial charge in [-0.3, -0.25) is 19.4 Å². The van der Waals surface area contributed by atoms with Crippen molar-refractivity contribution in [2.24, 2.45) is 9.98 Å². The average molecular weight is 394 g/mol. The summed E-state index contributed by atoms with van der Waals surface area (Å²) in [5.74, 6) is 1.09. The van der Waals surface area contributed by atoms with Crippen molar-refractivity contribution >= 4 is 34.9 Å². The van der Waals surface area contributed by atoms with E-state index in [9.17, 15) is 9.59 Å². The number of carbonyl (C=O) groups is 2.